The van der Waals surface area contributed by atoms with Crippen molar-refractivity contribution in [3.8, 4) is 0 Å². The van der Waals surface area contributed by atoms with Crippen LogP contribution in [-0.2, 0) is 16.8 Å². The van der Waals surface area contributed by atoms with E-state index in [4.69, 9.17) is 9.72 Å². The van der Waals surface area contributed by atoms with Crippen molar-refractivity contribution in [3.05, 3.63) is 17.6 Å². The molecule has 1 aliphatic rings. The SMILES string of the molecule is COCc1cc(NC2CCCC2CCO)nc(C(C)(C)C)n1. The van der Waals surface area contributed by atoms with Crippen LogP contribution in [0.15, 0.2) is 6.07 Å². The molecule has 0 spiro atoms. The van der Waals surface area contributed by atoms with Crippen molar-refractivity contribution in [2.24, 2.45) is 5.92 Å². The summed E-state index contributed by atoms with van der Waals surface area (Å²) in [4.78, 5) is 9.31. The third kappa shape index (κ3) is 4.40. The van der Waals surface area contributed by atoms with Gasteiger partial charge in [0, 0.05) is 31.2 Å². The summed E-state index contributed by atoms with van der Waals surface area (Å²) in [5.41, 5.74) is 0.807. The molecule has 5 nitrogen and oxygen atoms in total. The van der Waals surface area contributed by atoms with Gasteiger partial charge in [-0.05, 0) is 25.2 Å². The fourth-order valence-corrected chi connectivity index (χ4v) is 3.06. The van der Waals surface area contributed by atoms with E-state index in [1.165, 1.54) is 12.8 Å². The standard InChI is InChI=1S/C17H29N3O2/c1-17(2,3)16-18-13(11-22-4)10-15(20-16)19-14-7-5-6-12(14)8-9-21/h10,12,14,21H,5-9,11H2,1-4H3,(H,18,19,20). The first-order valence-corrected chi connectivity index (χ1v) is 8.19. The molecule has 2 N–H and O–H groups in total. The molecule has 2 atom stereocenters. The van der Waals surface area contributed by atoms with Gasteiger partial charge in [0.05, 0.1) is 12.3 Å². The number of ether oxygens (including phenoxy) is 1. The van der Waals surface area contributed by atoms with E-state index in [9.17, 15) is 5.11 Å². The summed E-state index contributed by atoms with van der Waals surface area (Å²) in [6, 6.07) is 2.37. The first kappa shape index (κ1) is 17.2. The average molecular weight is 307 g/mol. The van der Waals surface area contributed by atoms with Gasteiger partial charge in [-0.15, -0.1) is 0 Å². The normalized spacial score (nSPS) is 22.0. The molecule has 1 saturated carbocycles. The molecule has 0 radical (unpaired) electrons. The molecular formula is C17H29N3O2. The summed E-state index contributed by atoms with van der Waals surface area (Å²) in [7, 11) is 1.68. The molecule has 0 aromatic carbocycles. The zero-order valence-electron chi connectivity index (χ0n) is 14.2. The van der Waals surface area contributed by atoms with Crippen LogP contribution < -0.4 is 5.32 Å². The molecule has 0 bridgehead atoms. The van der Waals surface area contributed by atoms with Crippen LogP contribution >= 0.6 is 0 Å². The van der Waals surface area contributed by atoms with E-state index in [0.717, 1.165) is 30.2 Å². The van der Waals surface area contributed by atoms with Crippen molar-refractivity contribution in [3.63, 3.8) is 0 Å². The molecule has 0 saturated heterocycles. The van der Waals surface area contributed by atoms with E-state index in [2.05, 4.69) is 31.1 Å². The van der Waals surface area contributed by atoms with Gasteiger partial charge in [0.1, 0.15) is 11.6 Å². The van der Waals surface area contributed by atoms with E-state index >= 15 is 0 Å². The summed E-state index contributed by atoms with van der Waals surface area (Å²) >= 11 is 0. The Morgan fingerprint density at radius 3 is 2.73 bits per heavy atom. The first-order valence-electron chi connectivity index (χ1n) is 8.19. The topological polar surface area (TPSA) is 67.3 Å². The molecule has 0 amide bonds. The Kier molecular flexibility index (Phi) is 5.75. The molecule has 1 heterocycles. The fourth-order valence-electron chi connectivity index (χ4n) is 3.06. The van der Waals surface area contributed by atoms with E-state index in [0.29, 0.717) is 18.6 Å². The molecule has 1 aromatic heterocycles. The number of nitrogens with one attached hydrogen (secondary N) is 1. The molecule has 1 fully saturated rings. The van der Waals surface area contributed by atoms with E-state index in [-0.39, 0.29) is 12.0 Å². The first-order chi connectivity index (χ1) is 10.4. The van der Waals surface area contributed by atoms with Gasteiger partial charge < -0.3 is 15.2 Å². The van der Waals surface area contributed by atoms with Gasteiger partial charge in [0.15, 0.2) is 0 Å². The van der Waals surface area contributed by atoms with Crippen LogP contribution in [0.3, 0.4) is 0 Å². The fraction of sp³-hybridized carbons (Fsp3) is 0.765. The molecule has 0 aliphatic heterocycles. The van der Waals surface area contributed by atoms with Crippen LogP contribution in [0.25, 0.3) is 0 Å². The number of methoxy groups -OCH3 is 1. The van der Waals surface area contributed by atoms with Crippen molar-refractivity contribution >= 4 is 5.82 Å². The zero-order chi connectivity index (χ0) is 16.2. The Morgan fingerprint density at radius 2 is 2.09 bits per heavy atom. The third-order valence-corrected chi connectivity index (χ3v) is 4.23. The predicted molar refractivity (Wildman–Crippen MR) is 87.9 cm³/mol. The lowest BCUT2D eigenvalue weighted by molar-refractivity contribution is 0.181. The van der Waals surface area contributed by atoms with Crippen LogP contribution in [0, 0.1) is 5.92 Å². The lowest BCUT2D eigenvalue weighted by atomic mass is 9.95. The van der Waals surface area contributed by atoms with Gasteiger partial charge in [-0.1, -0.05) is 27.2 Å². The summed E-state index contributed by atoms with van der Waals surface area (Å²) in [5.74, 6) is 2.24. The van der Waals surface area contributed by atoms with Crippen LogP contribution in [0.1, 0.15) is 58.0 Å². The summed E-state index contributed by atoms with van der Waals surface area (Å²) in [6.45, 7) is 7.10. The molecular weight excluding hydrogens is 278 g/mol. The minimum atomic E-state index is -0.0969. The van der Waals surface area contributed by atoms with Crippen molar-refractivity contribution in [1.82, 2.24) is 9.97 Å². The molecule has 5 heteroatoms. The second-order valence-electron chi connectivity index (χ2n) is 7.21. The smallest absolute Gasteiger partial charge is 0.136 e. The highest BCUT2D eigenvalue weighted by Crippen LogP contribution is 2.31. The maximum Gasteiger partial charge on any atom is 0.136 e. The number of aliphatic hydroxyl groups excluding tert-OH is 1. The lowest BCUT2D eigenvalue weighted by Crippen LogP contribution is -2.26. The second kappa shape index (κ2) is 7.38. The van der Waals surface area contributed by atoms with E-state index in [1.54, 1.807) is 7.11 Å². The summed E-state index contributed by atoms with van der Waals surface area (Å²) in [5, 5.41) is 12.8. The van der Waals surface area contributed by atoms with E-state index in [1.807, 2.05) is 6.07 Å². The van der Waals surface area contributed by atoms with Crippen LogP contribution in [-0.4, -0.2) is 34.8 Å². The Hall–Kier alpha value is -1.20. The van der Waals surface area contributed by atoms with Crippen molar-refractivity contribution < 1.29 is 9.84 Å². The largest absolute Gasteiger partial charge is 0.396 e. The van der Waals surface area contributed by atoms with Gasteiger partial charge in [0.2, 0.25) is 0 Å². The zero-order valence-corrected chi connectivity index (χ0v) is 14.2. The van der Waals surface area contributed by atoms with E-state index < -0.39 is 0 Å². The van der Waals surface area contributed by atoms with Crippen LogP contribution in [0.2, 0.25) is 0 Å². The predicted octanol–water partition coefficient (Wildman–Crippen LogP) is 2.88. The molecule has 22 heavy (non-hydrogen) atoms. The monoisotopic (exact) mass is 307 g/mol. The van der Waals surface area contributed by atoms with Gasteiger partial charge in [-0.2, -0.15) is 0 Å². The highest BCUT2D eigenvalue weighted by Gasteiger charge is 2.27. The van der Waals surface area contributed by atoms with Crippen molar-refractivity contribution in [1.29, 1.82) is 0 Å². The van der Waals surface area contributed by atoms with Crippen LogP contribution in [0.5, 0.6) is 0 Å². The Balaban J connectivity index is 2.20. The van der Waals surface area contributed by atoms with Gasteiger partial charge in [0.25, 0.3) is 0 Å². The summed E-state index contributed by atoms with van der Waals surface area (Å²) in [6.07, 6.45) is 4.39. The average Bonchev–Trinajstić information content (AvgIpc) is 2.86. The number of hydrogen-bond donors (Lipinski definition) is 2. The molecule has 2 unspecified atom stereocenters. The summed E-state index contributed by atoms with van der Waals surface area (Å²) < 4.78 is 5.23. The lowest BCUT2D eigenvalue weighted by Gasteiger charge is -2.23. The third-order valence-electron chi connectivity index (χ3n) is 4.23. The maximum absolute atomic E-state index is 9.21. The number of aromatic nitrogens is 2. The minimum Gasteiger partial charge on any atom is -0.396 e. The van der Waals surface area contributed by atoms with Crippen LogP contribution in [0.4, 0.5) is 5.82 Å². The van der Waals surface area contributed by atoms with Crippen molar-refractivity contribution in [2.45, 2.75) is 64.5 Å². The molecule has 1 aromatic rings. The number of anilines is 1. The molecule has 1 aliphatic carbocycles. The minimum absolute atomic E-state index is 0.0969. The van der Waals surface area contributed by atoms with Gasteiger partial charge in [-0.3, -0.25) is 0 Å². The van der Waals surface area contributed by atoms with Gasteiger partial charge >= 0.3 is 0 Å². The second-order valence-corrected chi connectivity index (χ2v) is 7.21. The van der Waals surface area contributed by atoms with Gasteiger partial charge in [-0.25, -0.2) is 9.97 Å². The Bertz CT molecular complexity index is 485. The Morgan fingerprint density at radius 1 is 1.32 bits per heavy atom. The Labute approximate surface area is 133 Å². The highest BCUT2D eigenvalue weighted by molar-refractivity contribution is 5.38. The number of aliphatic hydroxyl groups is 1. The maximum atomic E-state index is 9.21. The molecule has 2 rings (SSSR count). The number of rotatable bonds is 6. The number of nitrogens with zero attached hydrogens (tertiary/aromatic N) is 2. The number of hydrogen-bond acceptors (Lipinski definition) is 5. The quantitative estimate of drug-likeness (QED) is 0.846. The highest BCUT2D eigenvalue weighted by atomic mass is 16.5. The molecule has 124 valence electrons. The van der Waals surface area contributed by atoms with Crippen molar-refractivity contribution in [2.75, 3.05) is 19.0 Å².